The van der Waals surface area contributed by atoms with E-state index in [1.54, 1.807) is 6.07 Å². The Morgan fingerprint density at radius 3 is 2.36 bits per heavy atom. The average Bonchev–Trinajstić information content (AvgIpc) is 2.88. The smallest absolute Gasteiger partial charge is 0.416 e. The van der Waals surface area contributed by atoms with Gasteiger partial charge in [0, 0.05) is 64.5 Å². The second kappa shape index (κ2) is 11.7. The van der Waals surface area contributed by atoms with Gasteiger partial charge in [0.05, 0.1) is 18.8 Å². The molecule has 3 heterocycles. The Hall–Kier alpha value is -2.53. The molecular weight excluding hydrogens is 477 g/mol. The quantitative estimate of drug-likeness (QED) is 0.632. The van der Waals surface area contributed by atoms with Crippen molar-refractivity contribution in [2.24, 2.45) is 11.8 Å². The van der Waals surface area contributed by atoms with Crippen molar-refractivity contribution in [1.82, 2.24) is 14.7 Å². The summed E-state index contributed by atoms with van der Waals surface area (Å²) in [5, 5.41) is 9.40. The van der Waals surface area contributed by atoms with Crippen molar-refractivity contribution in [3.05, 3.63) is 29.8 Å². The molecule has 1 aromatic carbocycles. The van der Waals surface area contributed by atoms with Gasteiger partial charge in [-0.3, -0.25) is 9.69 Å². The van der Waals surface area contributed by atoms with Crippen LogP contribution in [0.2, 0.25) is 0 Å². The molecule has 1 N–H and O–H groups in total. The molecule has 8 nitrogen and oxygen atoms in total. The van der Waals surface area contributed by atoms with Crippen LogP contribution in [0.1, 0.15) is 24.8 Å². The number of halogens is 3. The highest BCUT2D eigenvalue weighted by Crippen LogP contribution is 2.33. The lowest BCUT2D eigenvalue weighted by Crippen LogP contribution is -2.53. The zero-order chi connectivity index (χ0) is 25.7. The van der Waals surface area contributed by atoms with E-state index in [1.165, 1.54) is 12.1 Å². The predicted octanol–water partition coefficient (Wildman–Crippen LogP) is 3.08. The summed E-state index contributed by atoms with van der Waals surface area (Å²) in [6, 6.07) is 5.45. The number of benzene rings is 1. The Labute approximate surface area is 209 Å². The molecule has 11 heteroatoms. The van der Waals surface area contributed by atoms with Crippen molar-refractivity contribution in [2.75, 3.05) is 77.0 Å². The number of nitrogens with zero attached hydrogens (tertiary/aromatic N) is 4. The number of carboxylic acids is 1. The molecule has 3 aliphatic heterocycles. The summed E-state index contributed by atoms with van der Waals surface area (Å²) in [4.78, 5) is 32.4. The maximum Gasteiger partial charge on any atom is 0.416 e. The molecule has 200 valence electrons. The van der Waals surface area contributed by atoms with Crippen molar-refractivity contribution in [3.8, 4) is 0 Å². The van der Waals surface area contributed by atoms with E-state index >= 15 is 0 Å². The number of hydrogen-bond donors (Lipinski definition) is 1. The Bertz CT molecular complexity index is 902. The van der Waals surface area contributed by atoms with Crippen LogP contribution in [0.4, 0.5) is 23.7 Å². The summed E-state index contributed by atoms with van der Waals surface area (Å²) in [6.45, 7) is 6.84. The summed E-state index contributed by atoms with van der Waals surface area (Å²) >= 11 is 0. The first-order valence-electron chi connectivity index (χ1n) is 12.7. The summed E-state index contributed by atoms with van der Waals surface area (Å²) < 4.78 is 44.6. The SMILES string of the molecule is O=C(O)C[C@@H]1CCN(C(=O)N2CCOCC2)C[C@H]1CCN1CCN(c2cccc(C(F)(F)F)c2)CC1. The van der Waals surface area contributed by atoms with Gasteiger partial charge in [0.2, 0.25) is 0 Å². The van der Waals surface area contributed by atoms with Crippen LogP contribution in [-0.2, 0) is 15.7 Å². The molecule has 0 saturated carbocycles. The molecule has 3 fully saturated rings. The molecule has 2 amide bonds. The highest BCUT2D eigenvalue weighted by Gasteiger charge is 2.35. The maximum absolute atomic E-state index is 13.1. The van der Waals surface area contributed by atoms with Gasteiger partial charge in [-0.15, -0.1) is 0 Å². The number of alkyl halides is 3. The number of carbonyl (C=O) groups is 2. The highest BCUT2D eigenvalue weighted by atomic mass is 19.4. The first kappa shape index (κ1) is 26.5. The number of ether oxygens (including phenoxy) is 1. The molecule has 36 heavy (non-hydrogen) atoms. The van der Waals surface area contributed by atoms with Gasteiger partial charge >= 0.3 is 18.2 Å². The molecule has 4 rings (SSSR count). The van der Waals surface area contributed by atoms with E-state index in [-0.39, 0.29) is 24.3 Å². The van der Waals surface area contributed by atoms with Crippen LogP contribution in [-0.4, -0.2) is 104 Å². The number of carbonyl (C=O) groups excluding carboxylic acids is 1. The van der Waals surface area contributed by atoms with E-state index in [4.69, 9.17) is 4.74 Å². The summed E-state index contributed by atoms with van der Waals surface area (Å²) in [7, 11) is 0. The number of anilines is 1. The van der Waals surface area contributed by atoms with Crippen molar-refractivity contribution in [3.63, 3.8) is 0 Å². The van der Waals surface area contributed by atoms with Crippen LogP contribution < -0.4 is 4.90 Å². The minimum atomic E-state index is -4.36. The lowest BCUT2D eigenvalue weighted by atomic mass is 9.81. The van der Waals surface area contributed by atoms with Crippen molar-refractivity contribution < 1.29 is 32.6 Å². The van der Waals surface area contributed by atoms with Crippen molar-refractivity contribution in [1.29, 1.82) is 0 Å². The number of carboxylic acid groups (broad SMARTS) is 1. The fourth-order valence-corrected chi connectivity index (χ4v) is 5.49. The number of amides is 2. The predicted molar refractivity (Wildman–Crippen MR) is 128 cm³/mol. The number of hydrogen-bond acceptors (Lipinski definition) is 5. The third kappa shape index (κ3) is 6.82. The number of morpholine rings is 1. The number of urea groups is 1. The second-order valence-corrected chi connectivity index (χ2v) is 9.90. The first-order chi connectivity index (χ1) is 17.2. The molecule has 1 aromatic rings. The Morgan fingerprint density at radius 2 is 1.69 bits per heavy atom. The van der Waals surface area contributed by atoms with Crippen LogP contribution in [0.5, 0.6) is 0 Å². The van der Waals surface area contributed by atoms with Gasteiger partial charge < -0.3 is 24.5 Å². The highest BCUT2D eigenvalue weighted by molar-refractivity contribution is 5.74. The van der Waals surface area contributed by atoms with Gasteiger partial charge in [-0.2, -0.15) is 13.2 Å². The van der Waals surface area contributed by atoms with Gasteiger partial charge in [-0.25, -0.2) is 4.79 Å². The number of likely N-dealkylation sites (tertiary alicyclic amines) is 1. The zero-order valence-electron chi connectivity index (χ0n) is 20.5. The van der Waals surface area contributed by atoms with Crippen LogP contribution in [0.3, 0.4) is 0 Å². The first-order valence-corrected chi connectivity index (χ1v) is 12.7. The Balaban J connectivity index is 1.30. The summed E-state index contributed by atoms with van der Waals surface area (Å²) in [6.07, 6.45) is -2.79. The van der Waals surface area contributed by atoms with Crippen molar-refractivity contribution >= 4 is 17.7 Å². The largest absolute Gasteiger partial charge is 0.481 e. The lowest BCUT2D eigenvalue weighted by Gasteiger charge is -2.42. The van der Waals surface area contributed by atoms with Gasteiger partial charge in [0.1, 0.15) is 0 Å². The standard InChI is InChI=1S/C25H35F3N4O4/c26-25(27,28)21-2-1-3-22(17-21)30-10-8-29(9-11-30)6-4-20-18-32(7-5-19(20)16-23(33)34)24(35)31-12-14-36-15-13-31/h1-3,17,19-20H,4-16,18H2,(H,33,34)/t19-,20+/m0/s1. The third-order valence-corrected chi connectivity index (χ3v) is 7.61. The average molecular weight is 513 g/mol. The fourth-order valence-electron chi connectivity index (χ4n) is 5.49. The number of aliphatic carboxylic acids is 1. The van der Waals surface area contributed by atoms with Gasteiger partial charge in [-0.05, 0) is 49.4 Å². The van der Waals surface area contributed by atoms with Gasteiger partial charge in [0.15, 0.2) is 0 Å². The minimum absolute atomic E-state index is 0.00627. The summed E-state index contributed by atoms with van der Waals surface area (Å²) in [5.41, 5.74) is -0.0593. The Kier molecular flexibility index (Phi) is 8.61. The van der Waals surface area contributed by atoms with E-state index in [0.717, 1.165) is 32.1 Å². The Morgan fingerprint density at radius 1 is 0.972 bits per heavy atom. The van der Waals surface area contributed by atoms with E-state index in [9.17, 15) is 27.9 Å². The van der Waals surface area contributed by atoms with Gasteiger partial charge in [-0.1, -0.05) is 6.07 Å². The number of piperidine rings is 1. The molecule has 3 aliphatic rings. The maximum atomic E-state index is 13.1. The van der Waals surface area contributed by atoms with Crippen molar-refractivity contribution in [2.45, 2.75) is 25.4 Å². The van der Waals surface area contributed by atoms with Gasteiger partial charge in [0.25, 0.3) is 0 Å². The second-order valence-electron chi connectivity index (χ2n) is 9.90. The fraction of sp³-hybridized carbons (Fsp3) is 0.680. The lowest BCUT2D eigenvalue weighted by molar-refractivity contribution is -0.139. The molecular formula is C25H35F3N4O4. The van der Waals surface area contributed by atoms with Crippen LogP contribution >= 0.6 is 0 Å². The van der Waals surface area contributed by atoms with E-state index in [0.29, 0.717) is 64.6 Å². The van der Waals surface area contributed by atoms with Crippen LogP contribution in [0, 0.1) is 11.8 Å². The number of rotatable bonds is 6. The monoisotopic (exact) mass is 512 g/mol. The number of piperazine rings is 1. The molecule has 0 unspecified atom stereocenters. The molecule has 0 bridgehead atoms. The molecule has 0 radical (unpaired) electrons. The molecule has 3 saturated heterocycles. The van der Waals surface area contributed by atoms with E-state index in [1.807, 2.05) is 14.7 Å². The van der Waals surface area contributed by atoms with E-state index in [2.05, 4.69) is 4.90 Å². The zero-order valence-corrected chi connectivity index (χ0v) is 20.5. The summed E-state index contributed by atoms with van der Waals surface area (Å²) in [5.74, 6) is -0.684. The van der Waals surface area contributed by atoms with E-state index < -0.39 is 17.7 Å². The topological polar surface area (TPSA) is 76.6 Å². The molecule has 2 atom stereocenters. The molecule has 0 aromatic heterocycles. The van der Waals surface area contributed by atoms with Crippen LogP contribution in [0.25, 0.3) is 0 Å². The molecule has 0 spiro atoms. The van der Waals surface area contributed by atoms with Crippen LogP contribution in [0.15, 0.2) is 24.3 Å². The molecule has 0 aliphatic carbocycles. The normalized spacial score (nSPS) is 24.1. The third-order valence-electron chi connectivity index (χ3n) is 7.61. The minimum Gasteiger partial charge on any atom is -0.481 e.